The molecule has 0 atom stereocenters. The summed E-state index contributed by atoms with van der Waals surface area (Å²) in [5, 5.41) is 27.2. The van der Waals surface area contributed by atoms with Crippen LogP contribution in [0.4, 0.5) is 0 Å². The maximum Gasteiger partial charge on any atom is 0.226 e. The van der Waals surface area contributed by atoms with E-state index in [1.54, 1.807) is 60.7 Å². The molecule has 0 radical (unpaired) electrons. The molecule has 0 aliphatic carbocycles. The predicted molar refractivity (Wildman–Crippen MR) is 128 cm³/mol. The summed E-state index contributed by atoms with van der Waals surface area (Å²) in [6, 6.07) is 22.9. The molecule has 0 saturated carbocycles. The number of methoxy groups -OCH3 is 1. The third kappa shape index (κ3) is 3.35. The number of halogens is 1. The Kier molecular flexibility index (Phi) is 5.14. The van der Waals surface area contributed by atoms with E-state index in [0.717, 1.165) is 4.47 Å². The molecule has 0 aliphatic heterocycles. The normalized spacial score (nSPS) is 11.1. The van der Waals surface area contributed by atoms with Crippen LogP contribution in [0.15, 0.2) is 83.3 Å². The molecular formula is C25H18BrN3O4. The lowest BCUT2D eigenvalue weighted by Gasteiger charge is -2.12. The Hall–Kier alpha value is -4.04. The van der Waals surface area contributed by atoms with Crippen LogP contribution in [0.5, 0.6) is 17.5 Å². The molecule has 3 aromatic carbocycles. The highest BCUT2D eigenvalue weighted by atomic mass is 79.9. The van der Waals surface area contributed by atoms with Gasteiger partial charge in [0.25, 0.3) is 0 Å². The summed E-state index contributed by atoms with van der Waals surface area (Å²) in [7, 11) is 1.50. The number of carbonyl (C=O) groups is 1. The second-order valence-electron chi connectivity index (χ2n) is 7.31. The van der Waals surface area contributed by atoms with Crippen molar-refractivity contribution in [2.45, 2.75) is 0 Å². The number of ether oxygens (including phenoxy) is 1. The third-order valence-electron chi connectivity index (χ3n) is 5.39. The maximum atomic E-state index is 13.4. The first-order chi connectivity index (χ1) is 16.0. The number of carbonyl (C=O) groups excluding carboxylic acids is 1. The van der Waals surface area contributed by atoms with E-state index in [4.69, 9.17) is 4.74 Å². The Morgan fingerprint density at radius 1 is 0.909 bits per heavy atom. The molecule has 5 rings (SSSR count). The molecular weight excluding hydrogens is 486 g/mol. The number of aromatic hydroxyl groups is 2. The monoisotopic (exact) mass is 503 g/mol. The van der Waals surface area contributed by atoms with Gasteiger partial charge < -0.3 is 14.9 Å². The van der Waals surface area contributed by atoms with Gasteiger partial charge in [-0.1, -0.05) is 58.4 Å². The van der Waals surface area contributed by atoms with Gasteiger partial charge in [-0.15, -0.1) is 0 Å². The number of rotatable bonds is 5. The molecule has 2 N–H and O–H groups in total. The fraction of sp³-hybridized carbons (Fsp3) is 0.0400. The molecule has 0 aliphatic rings. The summed E-state index contributed by atoms with van der Waals surface area (Å²) in [5.41, 5.74) is 1.69. The van der Waals surface area contributed by atoms with Gasteiger partial charge in [0, 0.05) is 10.0 Å². The number of ketones is 1. The summed E-state index contributed by atoms with van der Waals surface area (Å²) in [4.78, 5) is 13.4. The SMILES string of the molecule is COc1ccccc1-n1c(O)c2c(C(=O)c3ccccc3)nn(-c3ccc(Br)cc3)c2c1O. The van der Waals surface area contributed by atoms with Crippen LogP contribution in [-0.4, -0.2) is 37.5 Å². The van der Waals surface area contributed by atoms with E-state index in [0.29, 0.717) is 22.7 Å². The van der Waals surface area contributed by atoms with Crippen LogP contribution in [0, 0.1) is 0 Å². The van der Waals surface area contributed by atoms with Gasteiger partial charge in [0.05, 0.1) is 23.9 Å². The smallest absolute Gasteiger partial charge is 0.226 e. The zero-order chi connectivity index (χ0) is 23.1. The van der Waals surface area contributed by atoms with Crippen LogP contribution in [0.3, 0.4) is 0 Å². The highest BCUT2D eigenvalue weighted by Gasteiger charge is 2.30. The average Bonchev–Trinajstić information content (AvgIpc) is 3.36. The molecule has 7 nitrogen and oxygen atoms in total. The topological polar surface area (TPSA) is 89.5 Å². The average molecular weight is 504 g/mol. The third-order valence-corrected chi connectivity index (χ3v) is 5.92. The molecule has 164 valence electrons. The first kappa shape index (κ1) is 20.8. The Morgan fingerprint density at radius 3 is 2.27 bits per heavy atom. The molecule has 8 heteroatoms. The van der Waals surface area contributed by atoms with Crippen molar-refractivity contribution in [2.75, 3.05) is 7.11 Å². The maximum absolute atomic E-state index is 13.4. The van der Waals surface area contributed by atoms with Gasteiger partial charge in [-0.05, 0) is 36.4 Å². The molecule has 2 heterocycles. The standard InChI is InChI=1S/C25H18BrN3O4/c1-33-19-10-6-5-9-18(19)28-24(31)20-21(23(30)15-7-3-2-4-8-15)27-29(22(20)25(28)32)17-13-11-16(26)12-14-17/h2-14,31-32H,1H3. The first-order valence-corrected chi connectivity index (χ1v) is 10.8. The quantitative estimate of drug-likeness (QED) is 0.320. The number of fused-ring (bicyclic) bond motifs is 1. The molecule has 0 fully saturated rings. The van der Waals surface area contributed by atoms with E-state index < -0.39 is 0 Å². The lowest BCUT2D eigenvalue weighted by atomic mass is 10.1. The van der Waals surface area contributed by atoms with Gasteiger partial charge in [0.15, 0.2) is 0 Å². The molecule has 0 amide bonds. The number of benzene rings is 3. The van der Waals surface area contributed by atoms with E-state index in [-0.39, 0.29) is 34.1 Å². The summed E-state index contributed by atoms with van der Waals surface area (Å²) >= 11 is 3.41. The van der Waals surface area contributed by atoms with Crippen molar-refractivity contribution in [3.05, 3.63) is 94.6 Å². The van der Waals surface area contributed by atoms with Gasteiger partial charge in [0.2, 0.25) is 17.5 Å². The minimum atomic E-state index is -0.371. The minimum Gasteiger partial charge on any atom is -0.495 e. The zero-order valence-corrected chi connectivity index (χ0v) is 19.0. The number of para-hydroxylation sites is 2. The van der Waals surface area contributed by atoms with Gasteiger partial charge in [0.1, 0.15) is 17.0 Å². The van der Waals surface area contributed by atoms with Crippen LogP contribution in [0.2, 0.25) is 0 Å². The van der Waals surface area contributed by atoms with Crippen LogP contribution in [0.25, 0.3) is 22.3 Å². The van der Waals surface area contributed by atoms with Crippen molar-refractivity contribution in [2.24, 2.45) is 0 Å². The minimum absolute atomic E-state index is 0.0283. The van der Waals surface area contributed by atoms with Crippen LogP contribution in [-0.2, 0) is 0 Å². The number of aromatic nitrogens is 3. The highest BCUT2D eigenvalue weighted by molar-refractivity contribution is 9.10. The van der Waals surface area contributed by atoms with Crippen molar-refractivity contribution in [1.29, 1.82) is 0 Å². The lowest BCUT2D eigenvalue weighted by molar-refractivity contribution is 0.103. The van der Waals surface area contributed by atoms with Crippen LogP contribution in [0.1, 0.15) is 16.1 Å². The van der Waals surface area contributed by atoms with E-state index in [2.05, 4.69) is 21.0 Å². The van der Waals surface area contributed by atoms with Crippen molar-refractivity contribution >= 4 is 32.6 Å². The molecule has 5 aromatic rings. The van der Waals surface area contributed by atoms with Crippen molar-refractivity contribution < 1.29 is 19.7 Å². The van der Waals surface area contributed by atoms with Gasteiger partial charge in [-0.2, -0.15) is 5.10 Å². The Bertz CT molecular complexity index is 1490. The Balaban J connectivity index is 1.84. The van der Waals surface area contributed by atoms with Gasteiger partial charge in [-0.25, -0.2) is 9.25 Å². The summed E-state index contributed by atoms with van der Waals surface area (Å²) < 4.78 is 9.00. The largest absolute Gasteiger partial charge is 0.495 e. The Labute approximate surface area is 197 Å². The fourth-order valence-corrected chi connectivity index (χ4v) is 4.12. The molecule has 0 saturated heterocycles. The van der Waals surface area contributed by atoms with E-state index >= 15 is 0 Å². The molecule has 33 heavy (non-hydrogen) atoms. The van der Waals surface area contributed by atoms with Crippen molar-refractivity contribution in [3.8, 4) is 28.9 Å². The number of nitrogens with zero attached hydrogens (tertiary/aromatic N) is 3. The van der Waals surface area contributed by atoms with E-state index in [1.165, 1.54) is 16.4 Å². The first-order valence-electron chi connectivity index (χ1n) is 10.1. The van der Waals surface area contributed by atoms with Gasteiger partial charge >= 0.3 is 0 Å². The Morgan fingerprint density at radius 2 is 1.58 bits per heavy atom. The molecule has 2 aromatic heterocycles. The molecule has 0 unspecified atom stereocenters. The zero-order valence-electron chi connectivity index (χ0n) is 17.4. The van der Waals surface area contributed by atoms with Crippen molar-refractivity contribution in [1.82, 2.24) is 14.3 Å². The predicted octanol–water partition coefficient (Wildman–Crippen LogP) is 5.23. The van der Waals surface area contributed by atoms with E-state index in [9.17, 15) is 15.0 Å². The second kappa shape index (κ2) is 8.14. The lowest BCUT2D eigenvalue weighted by Crippen LogP contribution is -2.06. The van der Waals surface area contributed by atoms with E-state index in [1.807, 2.05) is 18.2 Å². The highest BCUT2D eigenvalue weighted by Crippen LogP contribution is 2.44. The summed E-state index contributed by atoms with van der Waals surface area (Å²) in [6.07, 6.45) is 0. The van der Waals surface area contributed by atoms with Crippen LogP contribution < -0.4 is 4.74 Å². The van der Waals surface area contributed by atoms with Gasteiger partial charge in [-0.3, -0.25) is 4.79 Å². The fourth-order valence-electron chi connectivity index (χ4n) is 3.85. The molecule has 0 bridgehead atoms. The summed E-state index contributed by atoms with van der Waals surface area (Å²) in [6.45, 7) is 0. The molecule has 0 spiro atoms. The van der Waals surface area contributed by atoms with Crippen molar-refractivity contribution in [3.63, 3.8) is 0 Å². The van der Waals surface area contributed by atoms with Crippen LogP contribution >= 0.6 is 15.9 Å². The number of hydrogen-bond acceptors (Lipinski definition) is 5. The number of hydrogen-bond donors (Lipinski definition) is 2. The summed E-state index contributed by atoms with van der Waals surface area (Å²) in [5.74, 6) is -0.507. The second-order valence-corrected chi connectivity index (χ2v) is 8.23.